The Morgan fingerprint density at radius 2 is 1.88 bits per heavy atom. The molecule has 0 radical (unpaired) electrons. The summed E-state index contributed by atoms with van der Waals surface area (Å²) in [5.41, 5.74) is -1.07. The summed E-state index contributed by atoms with van der Waals surface area (Å²) in [5.74, 6) is -1.90. The smallest absolute Gasteiger partial charge is 0.335 e. The Morgan fingerprint density at radius 1 is 1.12 bits per heavy atom. The first-order valence-corrected chi connectivity index (χ1v) is 7.61. The first kappa shape index (κ1) is 18.0. The lowest BCUT2D eigenvalue weighted by molar-refractivity contribution is -0.141. The Labute approximate surface area is 145 Å². The first-order chi connectivity index (χ1) is 12.2. The molecule has 0 bridgehead atoms. The van der Waals surface area contributed by atoms with Crippen LogP contribution >= 0.6 is 0 Å². The zero-order chi connectivity index (χ0) is 18.9. The third kappa shape index (κ3) is 3.89. The Kier molecular flexibility index (Phi) is 4.75. The largest absolute Gasteiger partial charge is 0.433 e. The normalized spacial score (nSPS) is 15.5. The number of aromatic nitrogens is 2. The zero-order valence-corrected chi connectivity index (χ0v) is 13.3. The van der Waals surface area contributed by atoms with Gasteiger partial charge in [-0.1, -0.05) is 0 Å². The number of amides is 1. The summed E-state index contributed by atoms with van der Waals surface area (Å²) in [4.78, 5) is 22.1. The summed E-state index contributed by atoms with van der Waals surface area (Å²) in [6.45, 7) is -0.0870. The van der Waals surface area contributed by atoms with Crippen molar-refractivity contribution in [1.29, 1.82) is 0 Å². The molecule has 0 N–H and O–H groups in total. The summed E-state index contributed by atoms with van der Waals surface area (Å²) in [6, 6.07) is 3.70. The van der Waals surface area contributed by atoms with Crippen molar-refractivity contribution >= 4 is 11.9 Å². The number of nitrogens with zero attached hydrogens (tertiary/aromatic N) is 4. The molecule has 3 rings (SSSR count). The first-order valence-electron chi connectivity index (χ1n) is 7.61. The van der Waals surface area contributed by atoms with E-state index in [4.69, 9.17) is 0 Å². The van der Waals surface area contributed by atoms with Crippen LogP contribution in [0.3, 0.4) is 0 Å². The molecule has 1 fully saturated rings. The molecule has 0 unspecified atom stereocenters. The lowest BCUT2D eigenvalue weighted by Crippen LogP contribution is -2.50. The highest BCUT2D eigenvalue weighted by molar-refractivity contribution is 5.82. The van der Waals surface area contributed by atoms with Gasteiger partial charge in [-0.05, 0) is 24.3 Å². The molecular weight excluding hydrogens is 359 g/mol. The van der Waals surface area contributed by atoms with Crippen LogP contribution in [0.25, 0.3) is 0 Å². The van der Waals surface area contributed by atoms with Gasteiger partial charge < -0.3 is 9.80 Å². The van der Waals surface area contributed by atoms with Gasteiger partial charge in [-0.2, -0.15) is 13.2 Å². The molecule has 1 aliphatic rings. The second-order valence-electron chi connectivity index (χ2n) is 5.71. The Hall–Kier alpha value is -2.78. The highest BCUT2D eigenvalue weighted by Gasteiger charge is 2.34. The molecule has 5 nitrogen and oxygen atoms in total. The van der Waals surface area contributed by atoms with E-state index in [9.17, 15) is 26.7 Å². The molecule has 1 aliphatic heterocycles. The van der Waals surface area contributed by atoms with E-state index in [1.807, 2.05) is 0 Å². The van der Waals surface area contributed by atoms with Crippen LogP contribution in [0, 0.1) is 11.6 Å². The maximum absolute atomic E-state index is 13.7. The van der Waals surface area contributed by atoms with Crippen LogP contribution in [-0.4, -0.2) is 40.4 Å². The highest BCUT2D eigenvalue weighted by atomic mass is 19.4. The molecule has 26 heavy (non-hydrogen) atoms. The van der Waals surface area contributed by atoms with Gasteiger partial charge >= 0.3 is 6.18 Å². The minimum absolute atomic E-state index is 0.0297. The van der Waals surface area contributed by atoms with E-state index in [1.165, 1.54) is 9.80 Å². The Morgan fingerprint density at radius 3 is 2.58 bits per heavy atom. The van der Waals surface area contributed by atoms with Crippen LogP contribution in [0.15, 0.2) is 30.5 Å². The van der Waals surface area contributed by atoms with Gasteiger partial charge in [0.1, 0.15) is 23.9 Å². The maximum atomic E-state index is 13.7. The molecular formula is C16H13F5N4O. The van der Waals surface area contributed by atoms with E-state index in [0.29, 0.717) is 0 Å². The fourth-order valence-corrected chi connectivity index (χ4v) is 2.58. The van der Waals surface area contributed by atoms with Crippen molar-refractivity contribution in [3.63, 3.8) is 0 Å². The number of carbonyl (C=O) groups excluding carboxylic acids is 1. The Balaban J connectivity index is 1.71. The summed E-state index contributed by atoms with van der Waals surface area (Å²) in [6.07, 6.45) is -3.64. The minimum Gasteiger partial charge on any atom is -0.335 e. The van der Waals surface area contributed by atoms with E-state index < -0.39 is 29.4 Å². The van der Waals surface area contributed by atoms with E-state index in [0.717, 1.165) is 30.5 Å². The summed E-state index contributed by atoms with van der Waals surface area (Å²) < 4.78 is 65.1. The zero-order valence-electron chi connectivity index (χ0n) is 13.3. The molecule has 0 saturated carbocycles. The lowest BCUT2D eigenvalue weighted by atomic mass is 10.1. The highest BCUT2D eigenvalue weighted by Crippen LogP contribution is 2.28. The van der Waals surface area contributed by atoms with Crippen molar-refractivity contribution in [1.82, 2.24) is 14.9 Å². The quantitative estimate of drug-likeness (QED) is 0.778. The fourth-order valence-electron chi connectivity index (χ4n) is 2.58. The van der Waals surface area contributed by atoms with Crippen molar-refractivity contribution in [2.75, 3.05) is 24.5 Å². The fraction of sp³-hybridized carbons (Fsp3) is 0.312. The van der Waals surface area contributed by atoms with Crippen LogP contribution in [0.4, 0.5) is 27.9 Å². The van der Waals surface area contributed by atoms with Gasteiger partial charge in [0.25, 0.3) is 0 Å². The molecule has 10 heteroatoms. The monoisotopic (exact) mass is 372 g/mol. The van der Waals surface area contributed by atoms with Crippen molar-refractivity contribution in [2.45, 2.75) is 12.7 Å². The van der Waals surface area contributed by atoms with Crippen molar-refractivity contribution in [2.24, 2.45) is 0 Å². The molecule has 138 valence electrons. The van der Waals surface area contributed by atoms with Crippen LogP contribution in [0.2, 0.25) is 0 Å². The van der Waals surface area contributed by atoms with E-state index in [1.54, 1.807) is 0 Å². The molecule has 0 aliphatic carbocycles. The van der Waals surface area contributed by atoms with Gasteiger partial charge in [0, 0.05) is 31.4 Å². The lowest BCUT2D eigenvalue weighted by Gasteiger charge is -2.34. The molecule has 2 aromatic rings. The number of hydrogen-bond donors (Lipinski definition) is 0. The van der Waals surface area contributed by atoms with Crippen LogP contribution < -0.4 is 4.90 Å². The van der Waals surface area contributed by atoms with Crippen LogP contribution in [0.5, 0.6) is 0 Å². The topological polar surface area (TPSA) is 49.3 Å². The van der Waals surface area contributed by atoms with Crippen LogP contribution in [-0.2, 0) is 17.5 Å². The molecule has 1 amide bonds. The van der Waals surface area contributed by atoms with Gasteiger partial charge in [0.15, 0.2) is 0 Å². The predicted octanol–water partition coefficient (Wildman–Crippen LogP) is 2.62. The SMILES string of the molecule is O=C1CN(c2nccc(C(F)(F)F)n2)CCN1Cc1cc(F)ccc1F. The predicted molar refractivity (Wildman–Crippen MR) is 81.0 cm³/mol. The molecule has 1 aromatic heterocycles. The van der Waals surface area contributed by atoms with E-state index in [2.05, 4.69) is 9.97 Å². The van der Waals surface area contributed by atoms with Gasteiger partial charge in [0.2, 0.25) is 11.9 Å². The number of hydrogen-bond acceptors (Lipinski definition) is 4. The number of alkyl halides is 3. The summed E-state index contributed by atoms with van der Waals surface area (Å²) >= 11 is 0. The molecule has 1 aromatic carbocycles. The number of piperazine rings is 1. The van der Waals surface area contributed by atoms with E-state index >= 15 is 0 Å². The summed E-state index contributed by atoms with van der Waals surface area (Å²) in [7, 11) is 0. The molecule has 1 saturated heterocycles. The second-order valence-corrected chi connectivity index (χ2v) is 5.71. The average Bonchev–Trinajstić information content (AvgIpc) is 2.59. The van der Waals surface area contributed by atoms with Crippen molar-refractivity contribution < 1.29 is 26.7 Å². The van der Waals surface area contributed by atoms with Gasteiger partial charge in [-0.25, -0.2) is 18.7 Å². The molecule has 0 atom stereocenters. The average molecular weight is 372 g/mol. The van der Waals surface area contributed by atoms with Gasteiger partial charge in [-0.15, -0.1) is 0 Å². The molecule has 0 spiro atoms. The van der Waals surface area contributed by atoms with Crippen molar-refractivity contribution in [3.05, 3.63) is 53.4 Å². The Bertz CT molecular complexity index is 827. The summed E-state index contributed by atoms with van der Waals surface area (Å²) in [5, 5.41) is 0. The number of halogens is 5. The second kappa shape index (κ2) is 6.85. The third-order valence-electron chi connectivity index (χ3n) is 3.90. The maximum Gasteiger partial charge on any atom is 0.433 e. The van der Waals surface area contributed by atoms with Crippen molar-refractivity contribution in [3.8, 4) is 0 Å². The van der Waals surface area contributed by atoms with Gasteiger partial charge in [-0.3, -0.25) is 4.79 Å². The standard InChI is InChI=1S/C16H13F5N4O/c17-11-1-2-12(18)10(7-11)8-24-5-6-25(9-14(24)26)15-22-4-3-13(23-15)16(19,20)21/h1-4,7H,5-6,8-9H2. The number of carbonyl (C=O) groups is 1. The van der Waals surface area contributed by atoms with E-state index in [-0.39, 0.29) is 37.7 Å². The number of anilines is 1. The number of rotatable bonds is 3. The van der Waals surface area contributed by atoms with Gasteiger partial charge in [0.05, 0.1) is 0 Å². The number of benzene rings is 1. The minimum atomic E-state index is -4.61. The van der Waals surface area contributed by atoms with Crippen LogP contribution in [0.1, 0.15) is 11.3 Å². The molecule has 2 heterocycles. The third-order valence-corrected chi connectivity index (χ3v) is 3.90.